The normalized spacial score (nSPS) is 21.8. The SMILES string of the molecule is CCn1cncc1C1C[C@@H](O)c2cc(Br)ccc2O1. The molecule has 5 heteroatoms. The Balaban J connectivity index is 1.95. The van der Waals surface area contributed by atoms with Crippen molar-refractivity contribution in [1.29, 1.82) is 0 Å². The van der Waals surface area contributed by atoms with Crippen LogP contribution < -0.4 is 4.74 Å². The molecule has 3 rings (SSSR count). The van der Waals surface area contributed by atoms with Crippen LogP contribution in [0.5, 0.6) is 5.75 Å². The minimum Gasteiger partial charge on any atom is -0.484 e. The molecule has 2 aromatic rings. The fourth-order valence-corrected chi connectivity index (χ4v) is 2.84. The van der Waals surface area contributed by atoms with Crippen LogP contribution in [0.1, 0.15) is 36.8 Å². The summed E-state index contributed by atoms with van der Waals surface area (Å²) in [5, 5.41) is 10.3. The zero-order chi connectivity index (χ0) is 13.4. The topological polar surface area (TPSA) is 47.3 Å². The molecule has 1 aromatic carbocycles. The van der Waals surface area contributed by atoms with Gasteiger partial charge in [-0.1, -0.05) is 15.9 Å². The van der Waals surface area contributed by atoms with Crippen LogP contribution in [0, 0.1) is 0 Å². The van der Waals surface area contributed by atoms with E-state index in [1.165, 1.54) is 0 Å². The number of nitrogens with zero attached hydrogens (tertiary/aromatic N) is 2. The lowest BCUT2D eigenvalue weighted by Crippen LogP contribution is -2.21. The Bertz CT molecular complexity index is 597. The largest absolute Gasteiger partial charge is 0.484 e. The van der Waals surface area contributed by atoms with Crippen LogP contribution in [0.15, 0.2) is 35.2 Å². The first kappa shape index (κ1) is 12.7. The van der Waals surface area contributed by atoms with Gasteiger partial charge in [-0.2, -0.15) is 0 Å². The Morgan fingerprint density at radius 1 is 1.53 bits per heavy atom. The predicted octanol–water partition coefficient (Wildman–Crippen LogP) is 3.22. The van der Waals surface area contributed by atoms with E-state index < -0.39 is 6.10 Å². The summed E-state index contributed by atoms with van der Waals surface area (Å²) in [5.41, 5.74) is 1.85. The molecule has 0 fully saturated rings. The zero-order valence-corrected chi connectivity index (χ0v) is 12.2. The lowest BCUT2D eigenvalue weighted by molar-refractivity contribution is 0.0619. The molecule has 1 aliphatic rings. The molecule has 0 amide bonds. The number of halogens is 1. The van der Waals surface area contributed by atoms with Gasteiger partial charge < -0.3 is 14.4 Å². The smallest absolute Gasteiger partial charge is 0.143 e. The highest BCUT2D eigenvalue weighted by molar-refractivity contribution is 9.10. The monoisotopic (exact) mass is 322 g/mol. The van der Waals surface area contributed by atoms with Gasteiger partial charge in [0.2, 0.25) is 0 Å². The Morgan fingerprint density at radius 3 is 3.16 bits per heavy atom. The van der Waals surface area contributed by atoms with E-state index >= 15 is 0 Å². The summed E-state index contributed by atoms with van der Waals surface area (Å²) in [7, 11) is 0. The second-order valence-electron chi connectivity index (χ2n) is 4.64. The fourth-order valence-electron chi connectivity index (χ4n) is 2.46. The van der Waals surface area contributed by atoms with Crippen LogP contribution in [0.3, 0.4) is 0 Å². The zero-order valence-electron chi connectivity index (χ0n) is 10.6. The molecule has 19 heavy (non-hydrogen) atoms. The van der Waals surface area contributed by atoms with Crippen molar-refractivity contribution in [2.75, 3.05) is 0 Å². The third-order valence-electron chi connectivity index (χ3n) is 3.45. The van der Waals surface area contributed by atoms with Crippen LogP contribution in [0.4, 0.5) is 0 Å². The molecule has 100 valence electrons. The average Bonchev–Trinajstić information content (AvgIpc) is 2.87. The van der Waals surface area contributed by atoms with Crippen LogP contribution >= 0.6 is 15.9 Å². The summed E-state index contributed by atoms with van der Waals surface area (Å²) in [5.74, 6) is 0.746. The molecule has 1 unspecified atom stereocenters. The van der Waals surface area contributed by atoms with E-state index in [-0.39, 0.29) is 6.10 Å². The quantitative estimate of drug-likeness (QED) is 0.923. The number of aliphatic hydroxyl groups excluding tert-OH is 1. The number of hydrogen-bond donors (Lipinski definition) is 1. The highest BCUT2D eigenvalue weighted by Crippen LogP contribution is 2.41. The number of fused-ring (bicyclic) bond motifs is 1. The average molecular weight is 323 g/mol. The molecular formula is C14H15BrN2O2. The Labute approximate surface area is 120 Å². The first-order valence-corrected chi connectivity index (χ1v) is 7.12. The summed E-state index contributed by atoms with van der Waals surface area (Å²) in [4.78, 5) is 4.16. The van der Waals surface area contributed by atoms with Crippen LogP contribution in [-0.2, 0) is 6.54 Å². The third-order valence-corrected chi connectivity index (χ3v) is 3.95. The van der Waals surface area contributed by atoms with E-state index in [1.54, 1.807) is 6.33 Å². The van der Waals surface area contributed by atoms with Crippen molar-refractivity contribution in [3.8, 4) is 5.75 Å². The number of hydrogen-bond acceptors (Lipinski definition) is 3. The third kappa shape index (κ3) is 2.28. The maximum absolute atomic E-state index is 10.3. The second-order valence-corrected chi connectivity index (χ2v) is 5.56. The number of benzene rings is 1. The first-order chi connectivity index (χ1) is 9.19. The summed E-state index contributed by atoms with van der Waals surface area (Å²) in [6, 6.07) is 5.72. The number of aromatic nitrogens is 2. The van der Waals surface area contributed by atoms with Gasteiger partial charge in [0.25, 0.3) is 0 Å². The van der Waals surface area contributed by atoms with Gasteiger partial charge in [-0.05, 0) is 25.1 Å². The van der Waals surface area contributed by atoms with E-state index in [0.717, 1.165) is 28.0 Å². The highest BCUT2D eigenvalue weighted by Gasteiger charge is 2.29. The van der Waals surface area contributed by atoms with Gasteiger partial charge in [0.05, 0.1) is 24.3 Å². The number of aryl methyl sites for hydroxylation is 1. The predicted molar refractivity (Wildman–Crippen MR) is 75.0 cm³/mol. The minimum atomic E-state index is -0.508. The second kappa shape index (κ2) is 4.98. The molecule has 0 saturated heterocycles. The molecule has 0 spiro atoms. The molecule has 0 bridgehead atoms. The lowest BCUT2D eigenvalue weighted by Gasteiger charge is -2.30. The Morgan fingerprint density at radius 2 is 2.37 bits per heavy atom. The van der Waals surface area contributed by atoms with Gasteiger partial charge in [0.15, 0.2) is 0 Å². The van der Waals surface area contributed by atoms with Crippen molar-refractivity contribution >= 4 is 15.9 Å². The maximum atomic E-state index is 10.3. The van der Waals surface area contributed by atoms with Gasteiger partial charge in [-0.15, -0.1) is 0 Å². The molecule has 2 atom stereocenters. The van der Waals surface area contributed by atoms with E-state index in [9.17, 15) is 5.11 Å². The molecule has 2 heterocycles. The minimum absolute atomic E-state index is 0.147. The molecule has 1 N–H and O–H groups in total. The van der Waals surface area contributed by atoms with Crippen LogP contribution in [-0.4, -0.2) is 14.7 Å². The van der Waals surface area contributed by atoms with Gasteiger partial charge >= 0.3 is 0 Å². The number of ether oxygens (including phenoxy) is 1. The summed E-state index contributed by atoms with van der Waals surface area (Å²) >= 11 is 3.41. The van der Waals surface area contributed by atoms with Crippen LogP contribution in [0.25, 0.3) is 0 Å². The Hall–Kier alpha value is -1.33. The van der Waals surface area contributed by atoms with Crippen molar-refractivity contribution in [2.24, 2.45) is 0 Å². The van der Waals surface area contributed by atoms with Gasteiger partial charge in [-0.25, -0.2) is 4.98 Å². The van der Waals surface area contributed by atoms with Crippen molar-refractivity contribution in [1.82, 2.24) is 9.55 Å². The van der Waals surface area contributed by atoms with Crippen molar-refractivity contribution in [2.45, 2.75) is 32.1 Å². The first-order valence-electron chi connectivity index (χ1n) is 6.33. The summed E-state index contributed by atoms with van der Waals surface area (Å²) in [6.07, 6.45) is 3.50. The molecule has 1 aliphatic heterocycles. The van der Waals surface area contributed by atoms with Crippen molar-refractivity contribution in [3.63, 3.8) is 0 Å². The number of imidazole rings is 1. The van der Waals surface area contributed by atoms with E-state index in [1.807, 2.05) is 29.0 Å². The van der Waals surface area contributed by atoms with E-state index in [0.29, 0.717) is 6.42 Å². The van der Waals surface area contributed by atoms with Gasteiger partial charge in [0, 0.05) is 23.0 Å². The van der Waals surface area contributed by atoms with Gasteiger partial charge in [0.1, 0.15) is 11.9 Å². The molecular weight excluding hydrogens is 308 g/mol. The molecule has 0 aliphatic carbocycles. The Kier molecular flexibility index (Phi) is 3.33. The summed E-state index contributed by atoms with van der Waals surface area (Å²) in [6.45, 7) is 2.91. The highest BCUT2D eigenvalue weighted by atomic mass is 79.9. The summed E-state index contributed by atoms with van der Waals surface area (Å²) < 4.78 is 9.00. The number of rotatable bonds is 2. The van der Waals surface area contributed by atoms with Crippen molar-refractivity contribution in [3.05, 3.63) is 46.5 Å². The van der Waals surface area contributed by atoms with Crippen molar-refractivity contribution < 1.29 is 9.84 Å². The lowest BCUT2D eigenvalue weighted by atomic mass is 9.98. The van der Waals surface area contributed by atoms with E-state index in [2.05, 4.69) is 27.8 Å². The van der Waals surface area contributed by atoms with E-state index in [4.69, 9.17) is 4.74 Å². The molecule has 0 saturated carbocycles. The van der Waals surface area contributed by atoms with Gasteiger partial charge in [-0.3, -0.25) is 0 Å². The fraction of sp³-hybridized carbons (Fsp3) is 0.357. The molecule has 4 nitrogen and oxygen atoms in total. The standard InChI is InChI=1S/C14H15BrN2O2/c1-2-17-8-16-7-11(17)14-6-12(18)10-5-9(15)3-4-13(10)19-14/h3-5,7-8,12,14,18H,2,6H2,1H3/t12-,14?/m1/s1. The van der Waals surface area contributed by atoms with Crippen LogP contribution in [0.2, 0.25) is 0 Å². The number of aliphatic hydroxyl groups is 1. The maximum Gasteiger partial charge on any atom is 0.143 e. The molecule has 0 radical (unpaired) electrons. The molecule has 1 aromatic heterocycles.